The number of aromatic nitrogens is 1. The van der Waals surface area contributed by atoms with Crippen molar-refractivity contribution in [2.24, 2.45) is 4.99 Å². The van der Waals surface area contributed by atoms with Gasteiger partial charge in [0, 0.05) is 17.1 Å². The van der Waals surface area contributed by atoms with Gasteiger partial charge in [-0.05, 0) is 36.8 Å². The Morgan fingerprint density at radius 3 is 2.74 bits per heavy atom. The third kappa shape index (κ3) is 3.00. The monoisotopic (exact) mass is 342 g/mol. The first-order valence-corrected chi connectivity index (χ1v) is 8.34. The number of carbonyl (C=O) groups is 1. The van der Waals surface area contributed by atoms with Crippen molar-refractivity contribution >= 4 is 39.1 Å². The molecule has 3 nitrogen and oxygen atoms in total. The van der Waals surface area contributed by atoms with Gasteiger partial charge in [0.25, 0.3) is 5.91 Å². The molecule has 0 saturated carbocycles. The smallest absolute Gasteiger partial charge is 0.279 e. The van der Waals surface area contributed by atoms with Gasteiger partial charge < -0.3 is 4.57 Å². The first kappa shape index (κ1) is 15.7. The zero-order valence-electron chi connectivity index (χ0n) is 12.6. The predicted octanol–water partition coefficient (Wildman–Crippen LogP) is 4.59. The normalized spacial score (nSPS) is 11.8. The fraction of sp³-hybridized carbons (Fsp3) is 0.111. The number of aryl methyl sites for hydroxylation is 1. The zero-order chi connectivity index (χ0) is 16.4. The number of hydrogen-bond acceptors (Lipinski definition) is 2. The highest BCUT2D eigenvalue weighted by molar-refractivity contribution is 7.16. The van der Waals surface area contributed by atoms with Crippen molar-refractivity contribution in [3.63, 3.8) is 0 Å². The van der Waals surface area contributed by atoms with Crippen LogP contribution in [0.3, 0.4) is 0 Å². The second kappa shape index (κ2) is 6.52. The van der Waals surface area contributed by atoms with Crippen LogP contribution in [0.1, 0.15) is 15.9 Å². The van der Waals surface area contributed by atoms with Crippen LogP contribution in [0.2, 0.25) is 5.02 Å². The SMILES string of the molecule is C=CCn1c(=NC(=O)c2ccccc2)sc2ccc(Cl)c(C)c21. The molecule has 0 radical (unpaired) electrons. The fourth-order valence-corrected chi connectivity index (χ4v) is 3.68. The van der Waals surface area contributed by atoms with Crippen molar-refractivity contribution in [2.45, 2.75) is 13.5 Å². The van der Waals surface area contributed by atoms with Crippen LogP contribution in [0, 0.1) is 6.92 Å². The molecule has 0 unspecified atom stereocenters. The number of carbonyl (C=O) groups excluding carboxylic acids is 1. The molecule has 116 valence electrons. The Morgan fingerprint density at radius 2 is 2.04 bits per heavy atom. The lowest BCUT2D eigenvalue weighted by molar-refractivity contribution is 0.0998. The number of allylic oxidation sites excluding steroid dienone is 1. The van der Waals surface area contributed by atoms with E-state index in [1.54, 1.807) is 18.2 Å². The molecular formula is C18H15ClN2OS. The van der Waals surface area contributed by atoms with E-state index in [0.717, 1.165) is 15.8 Å². The van der Waals surface area contributed by atoms with Crippen LogP contribution in [-0.2, 0) is 6.54 Å². The number of benzene rings is 2. The van der Waals surface area contributed by atoms with E-state index in [-0.39, 0.29) is 5.91 Å². The Bertz CT molecular complexity index is 954. The summed E-state index contributed by atoms with van der Waals surface area (Å²) in [5, 5.41) is 0.703. The third-order valence-electron chi connectivity index (χ3n) is 3.56. The molecular weight excluding hydrogens is 328 g/mol. The van der Waals surface area contributed by atoms with Crippen LogP contribution in [0.25, 0.3) is 10.2 Å². The second-order valence-electron chi connectivity index (χ2n) is 5.09. The van der Waals surface area contributed by atoms with E-state index in [4.69, 9.17) is 11.6 Å². The third-order valence-corrected chi connectivity index (χ3v) is 5.01. The van der Waals surface area contributed by atoms with Crippen molar-refractivity contribution in [1.82, 2.24) is 4.57 Å². The van der Waals surface area contributed by atoms with Crippen LogP contribution in [0.5, 0.6) is 0 Å². The average Bonchev–Trinajstić information content (AvgIpc) is 2.90. The Hall–Kier alpha value is -2.17. The summed E-state index contributed by atoms with van der Waals surface area (Å²) >= 11 is 7.72. The topological polar surface area (TPSA) is 34.4 Å². The minimum absolute atomic E-state index is 0.251. The van der Waals surface area contributed by atoms with Gasteiger partial charge in [-0.1, -0.05) is 47.2 Å². The predicted molar refractivity (Wildman–Crippen MR) is 96.1 cm³/mol. The number of hydrogen-bond donors (Lipinski definition) is 0. The van der Waals surface area contributed by atoms with Gasteiger partial charge in [0.2, 0.25) is 0 Å². The Labute approximate surface area is 143 Å². The van der Waals surface area contributed by atoms with E-state index in [2.05, 4.69) is 11.6 Å². The van der Waals surface area contributed by atoms with E-state index >= 15 is 0 Å². The molecule has 5 heteroatoms. The highest BCUT2D eigenvalue weighted by Crippen LogP contribution is 2.27. The second-order valence-corrected chi connectivity index (χ2v) is 6.50. The molecule has 0 atom stereocenters. The molecule has 0 spiro atoms. The van der Waals surface area contributed by atoms with Gasteiger partial charge >= 0.3 is 0 Å². The molecule has 0 aliphatic rings. The highest BCUT2D eigenvalue weighted by atomic mass is 35.5. The quantitative estimate of drug-likeness (QED) is 0.641. The van der Waals surface area contributed by atoms with Crippen molar-refractivity contribution in [3.8, 4) is 0 Å². The number of fused-ring (bicyclic) bond motifs is 1. The van der Waals surface area contributed by atoms with Crippen LogP contribution in [0.4, 0.5) is 0 Å². The Kier molecular flexibility index (Phi) is 4.46. The molecule has 0 N–H and O–H groups in total. The molecule has 1 aromatic heterocycles. The number of amides is 1. The minimum atomic E-state index is -0.251. The minimum Gasteiger partial charge on any atom is -0.312 e. The molecule has 1 amide bonds. The van der Waals surface area contributed by atoms with Crippen LogP contribution in [-0.4, -0.2) is 10.5 Å². The fourth-order valence-electron chi connectivity index (χ4n) is 2.43. The van der Waals surface area contributed by atoms with Gasteiger partial charge in [0.1, 0.15) is 0 Å². The Balaban J connectivity index is 2.23. The molecule has 2 aromatic carbocycles. The van der Waals surface area contributed by atoms with E-state index in [1.807, 2.05) is 41.8 Å². The van der Waals surface area contributed by atoms with E-state index in [1.165, 1.54) is 11.3 Å². The van der Waals surface area contributed by atoms with Crippen LogP contribution >= 0.6 is 22.9 Å². The summed E-state index contributed by atoms with van der Waals surface area (Å²) in [7, 11) is 0. The lowest BCUT2D eigenvalue weighted by Gasteiger charge is -2.05. The number of nitrogens with zero attached hydrogens (tertiary/aromatic N) is 2. The summed E-state index contributed by atoms with van der Waals surface area (Å²) in [4.78, 5) is 17.3. The van der Waals surface area contributed by atoms with Crippen molar-refractivity contribution < 1.29 is 4.79 Å². The highest BCUT2D eigenvalue weighted by Gasteiger charge is 2.12. The van der Waals surface area contributed by atoms with Gasteiger partial charge in [-0.15, -0.1) is 6.58 Å². The summed E-state index contributed by atoms with van der Waals surface area (Å²) in [6.07, 6.45) is 1.79. The van der Waals surface area contributed by atoms with Crippen molar-refractivity contribution in [2.75, 3.05) is 0 Å². The van der Waals surface area contributed by atoms with Crippen molar-refractivity contribution in [3.05, 3.63) is 76.1 Å². The molecule has 1 heterocycles. The van der Waals surface area contributed by atoms with Gasteiger partial charge in [-0.2, -0.15) is 4.99 Å². The van der Waals surface area contributed by atoms with Gasteiger partial charge in [0.15, 0.2) is 4.80 Å². The lowest BCUT2D eigenvalue weighted by atomic mass is 10.2. The standard InChI is InChI=1S/C18H15ClN2OS/c1-3-11-21-16-12(2)14(19)9-10-15(16)23-18(21)20-17(22)13-7-5-4-6-8-13/h3-10H,1,11H2,2H3. The maximum absolute atomic E-state index is 12.4. The molecule has 0 bridgehead atoms. The Morgan fingerprint density at radius 1 is 1.30 bits per heavy atom. The summed E-state index contributed by atoms with van der Waals surface area (Å²) in [5.74, 6) is -0.251. The maximum Gasteiger partial charge on any atom is 0.279 e. The summed E-state index contributed by atoms with van der Waals surface area (Å²) in [6.45, 7) is 6.34. The van der Waals surface area contributed by atoms with Gasteiger partial charge in [0.05, 0.1) is 10.2 Å². The first-order valence-electron chi connectivity index (χ1n) is 7.15. The molecule has 0 aliphatic carbocycles. The van der Waals surface area contributed by atoms with E-state index in [0.29, 0.717) is 21.9 Å². The average molecular weight is 343 g/mol. The van der Waals surface area contributed by atoms with Gasteiger partial charge in [-0.3, -0.25) is 4.79 Å². The van der Waals surface area contributed by atoms with Gasteiger partial charge in [-0.25, -0.2) is 0 Å². The largest absolute Gasteiger partial charge is 0.312 e. The molecule has 3 rings (SSSR count). The molecule has 0 saturated heterocycles. The summed E-state index contributed by atoms with van der Waals surface area (Å²) in [5.41, 5.74) is 2.56. The zero-order valence-corrected chi connectivity index (χ0v) is 14.2. The van der Waals surface area contributed by atoms with Crippen LogP contribution < -0.4 is 4.80 Å². The molecule has 3 aromatic rings. The molecule has 0 fully saturated rings. The molecule has 0 aliphatic heterocycles. The molecule has 23 heavy (non-hydrogen) atoms. The first-order chi connectivity index (χ1) is 11.1. The number of rotatable bonds is 3. The maximum atomic E-state index is 12.4. The van der Waals surface area contributed by atoms with Crippen molar-refractivity contribution in [1.29, 1.82) is 0 Å². The van der Waals surface area contributed by atoms with E-state index in [9.17, 15) is 4.79 Å². The lowest BCUT2D eigenvalue weighted by Crippen LogP contribution is -2.16. The number of halogens is 1. The van der Waals surface area contributed by atoms with E-state index < -0.39 is 0 Å². The number of thiazole rings is 1. The summed E-state index contributed by atoms with van der Waals surface area (Å²) < 4.78 is 3.03. The van der Waals surface area contributed by atoms with Crippen LogP contribution in [0.15, 0.2) is 60.1 Å². The summed E-state index contributed by atoms with van der Waals surface area (Å²) in [6, 6.07) is 12.9.